The fourth-order valence-corrected chi connectivity index (χ4v) is 9.91. The average molecular weight is 841 g/mol. The smallest absolute Gasteiger partial charge is 0.0547 e. The van der Waals surface area contributed by atoms with Gasteiger partial charge in [-0.25, -0.2) is 0 Å². The monoisotopic (exact) mass is 840 g/mol. The number of nitrogens with zero attached hydrogens (tertiary/aromatic N) is 2. The molecule has 0 atom stereocenters. The Kier molecular flexibility index (Phi) is 9.89. The van der Waals surface area contributed by atoms with Crippen LogP contribution in [0.25, 0.3) is 93.9 Å². The predicted molar refractivity (Wildman–Crippen MR) is 280 cm³/mol. The summed E-state index contributed by atoms with van der Waals surface area (Å²) >= 11 is 0. The van der Waals surface area contributed by atoms with Crippen LogP contribution >= 0.6 is 0 Å². The van der Waals surface area contributed by atoms with Gasteiger partial charge in [-0.1, -0.05) is 206 Å². The zero-order chi connectivity index (χ0) is 43.8. The van der Waals surface area contributed by atoms with E-state index < -0.39 is 0 Å². The van der Waals surface area contributed by atoms with Gasteiger partial charge in [0.05, 0.1) is 11.0 Å². The lowest BCUT2D eigenvalue weighted by atomic mass is 9.91. The van der Waals surface area contributed by atoms with Gasteiger partial charge in [-0.3, -0.25) is 0 Å². The van der Waals surface area contributed by atoms with Crippen LogP contribution in [-0.4, -0.2) is 4.57 Å². The first kappa shape index (κ1) is 38.9. The molecule has 2 nitrogen and oxygen atoms in total. The molecule has 0 spiro atoms. The Bertz CT molecular complexity index is 3670. The van der Waals surface area contributed by atoms with Crippen molar-refractivity contribution in [1.82, 2.24) is 4.57 Å². The van der Waals surface area contributed by atoms with Gasteiger partial charge in [0.2, 0.25) is 0 Å². The lowest BCUT2D eigenvalue weighted by Gasteiger charge is -2.27. The van der Waals surface area contributed by atoms with Crippen molar-refractivity contribution in [2.45, 2.75) is 0 Å². The molecule has 66 heavy (non-hydrogen) atoms. The van der Waals surface area contributed by atoms with Crippen molar-refractivity contribution in [3.63, 3.8) is 0 Å². The molecule has 2 heteroatoms. The third kappa shape index (κ3) is 7.02. The van der Waals surface area contributed by atoms with E-state index in [1.165, 1.54) is 82.6 Å². The predicted octanol–water partition coefficient (Wildman–Crippen LogP) is 17.7. The normalized spacial score (nSPS) is 11.3. The second-order valence-electron chi connectivity index (χ2n) is 16.9. The highest BCUT2D eigenvalue weighted by molar-refractivity contribution is 6.16. The number of hydrogen-bond donors (Lipinski definition) is 0. The molecule has 0 aliphatic heterocycles. The molecule has 0 saturated heterocycles. The molecule has 0 saturated carbocycles. The maximum Gasteiger partial charge on any atom is 0.0547 e. The number of para-hydroxylation sites is 2. The summed E-state index contributed by atoms with van der Waals surface area (Å²) in [7, 11) is 0. The molecule has 12 aromatic rings. The number of anilines is 3. The van der Waals surface area contributed by atoms with Crippen molar-refractivity contribution in [1.29, 1.82) is 0 Å². The molecule has 310 valence electrons. The molecule has 12 rings (SSSR count). The first-order valence-electron chi connectivity index (χ1n) is 22.7. The van der Waals surface area contributed by atoms with Crippen LogP contribution in [0, 0.1) is 0 Å². The van der Waals surface area contributed by atoms with Gasteiger partial charge in [0, 0.05) is 33.5 Å². The first-order valence-corrected chi connectivity index (χ1v) is 22.7. The molecule has 0 aliphatic rings. The van der Waals surface area contributed by atoms with Crippen LogP contribution in [0.15, 0.2) is 267 Å². The van der Waals surface area contributed by atoms with Crippen molar-refractivity contribution in [3.8, 4) is 61.3 Å². The zero-order valence-electron chi connectivity index (χ0n) is 36.3. The summed E-state index contributed by atoms with van der Waals surface area (Å²) in [4.78, 5) is 2.39. The number of hydrogen-bond acceptors (Lipinski definition) is 1. The molecule has 0 unspecified atom stereocenters. The van der Waals surface area contributed by atoms with Crippen LogP contribution in [-0.2, 0) is 0 Å². The number of fused-ring (bicyclic) bond motifs is 4. The molecule has 11 aromatic carbocycles. The first-order chi connectivity index (χ1) is 32.7. The summed E-state index contributed by atoms with van der Waals surface area (Å²) in [5.41, 5.74) is 18.7. The van der Waals surface area contributed by atoms with Crippen LogP contribution < -0.4 is 4.90 Å². The van der Waals surface area contributed by atoms with E-state index in [1.54, 1.807) is 0 Å². The van der Waals surface area contributed by atoms with Crippen molar-refractivity contribution in [2.24, 2.45) is 0 Å². The Morgan fingerprint density at radius 2 is 0.742 bits per heavy atom. The van der Waals surface area contributed by atoms with Crippen LogP contribution in [0.4, 0.5) is 17.1 Å². The number of aromatic nitrogens is 1. The van der Waals surface area contributed by atoms with Gasteiger partial charge >= 0.3 is 0 Å². The summed E-state index contributed by atoms with van der Waals surface area (Å²) in [6, 6.07) is 96.8. The zero-order valence-corrected chi connectivity index (χ0v) is 36.3. The molecule has 0 aliphatic carbocycles. The Balaban J connectivity index is 0.955. The van der Waals surface area contributed by atoms with E-state index in [-0.39, 0.29) is 0 Å². The SMILES string of the molecule is c1ccc(-c2cccc(N(c3ccc(-c4ccc(-c5cccc6ccccc56)cc4)cc3)c3cccc(-c4ccccc4-c4cccc5c4c4ccccc4n5-c4ccccc4)c3)c2)cc1. The van der Waals surface area contributed by atoms with Crippen molar-refractivity contribution in [3.05, 3.63) is 267 Å². The van der Waals surface area contributed by atoms with Gasteiger partial charge in [-0.2, -0.15) is 0 Å². The van der Waals surface area contributed by atoms with Crippen LogP contribution in [0.3, 0.4) is 0 Å². The lowest BCUT2D eigenvalue weighted by molar-refractivity contribution is 1.18. The van der Waals surface area contributed by atoms with Crippen LogP contribution in [0.5, 0.6) is 0 Å². The van der Waals surface area contributed by atoms with Crippen molar-refractivity contribution in [2.75, 3.05) is 4.90 Å². The van der Waals surface area contributed by atoms with E-state index in [0.717, 1.165) is 28.3 Å². The van der Waals surface area contributed by atoms with Gasteiger partial charge in [0.1, 0.15) is 0 Å². The minimum atomic E-state index is 1.08. The second-order valence-corrected chi connectivity index (χ2v) is 16.9. The Morgan fingerprint density at radius 3 is 1.52 bits per heavy atom. The molecule has 0 N–H and O–H groups in total. The van der Waals surface area contributed by atoms with Gasteiger partial charge in [-0.15, -0.1) is 0 Å². The molecule has 0 radical (unpaired) electrons. The summed E-state index contributed by atoms with van der Waals surface area (Å²) in [6.45, 7) is 0. The average Bonchev–Trinajstić information content (AvgIpc) is 3.74. The summed E-state index contributed by atoms with van der Waals surface area (Å²) in [5.74, 6) is 0. The van der Waals surface area contributed by atoms with E-state index in [0.29, 0.717) is 0 Å². The van der Waals surface area contributed by atoms with Gasteiger partial charge < -0.3 is 9.47 Å². The Labute approximate surface area is 385 Å². The summed E-state index contributed by atoms with van der Waals surface area (Å²) in [6.07, 6.45) is 0. The molecule has 1 aromatic heterocycles. The van der Waals surface area contributed by atoms with Crippen molar-refractivity contribution >= 4 is 49.6 Å². The fourth-order valence-electron chi connectivity index (χ4n) is 9.91. The highest BCUT2D eigenvalue weighted by Gasteiger charge is 2.20. The largest absolute Gasteiger partial charge is 0.310 e. The maximum atomic E-state index is 2.39. The van der Waals surface area contributed by atoms with Gasteiger partial charge in [-0.05, 0) is 127 Å². The molecule has 0 bridgehead atoms. The van der Waals surface area contributed by atoms with E-state index in [9.17, 15) is 0 Å². The third-order valence-electron chi connectivity index (χ3n) is 13.0. The molecule has 0 amide bonds. The Morgan fingerprint density at radius 1 is 0.258 bits per heavy atom. The second kappa shape index (κ2) is 16.8. The topological polar surface area (TPSA) is 8.17 Å². The Hall–Kier alpha value is -8.72. The van der Waals surface area contributed by atoms with Crippen LogP contribution in [0.1, 0.15) is 0 Å². The van der Waals surface area contributed by atoms with E-state index >= 15 is 0 Å². The highest BCUT2D eigenvalue weighted by Crippen LogP contribution is 2.44. The van der Waals surface area contributed by atoms with Crippen LogP contribution in [0.2, 0.25) is 0 Å². The maximum absolute atomic E-state index is 2.39. The molecular formula is C64H44N2. The standard InChI is InChI=1S/C64H44N2/c1-3-17-45(18-4-1)50-21-13-25-54(43-50)65(53-41-39-47(40-42-53)46-35-37-49(38-36-46)57-31-15-20-48-19-7-8-27-56(48)57)55-26-14-22-51(44-55)58-28-9-10-29-59(58)60-32-16-34-63-64(60)61-30-11-12-33-62(61)66(63)52-23-5-2-6-24-52/h1-44H. The number of benzene rings is 11. The highest BCUT2D eigenvalue weighted by atomic mass is 15.1. The minimum absolute atomic E-state index is 1.08. The quantitative estimate of drug-likeness (QED) is 0.141. The fraction of sp³-hybridized carbons (Fsp3) is 0. The van der Waals surface area contributed by atoms with E-state index in [4.69, 9.17) is 0 Å². The minimum Gasteiger partial charge on any atom is -0.310 e. The van der Waals surface area contributed by atoms with Gasteiger partial charge in [0.25, 0.3) is 0 Å². The third-order valence-corrected chi connectivity index (χ3v) is 13.0. The number of rotatable bonds is 9. The van der Waals surface area contributed by atoms with E-state index in [2.05, 4.69) is 276 Å². The van der Waals surface area contributed by atoms with Gasteiger partial charge in [0.15, 0.2) is 0 Å². The molecule has 1 heterocycles. The molecule has 0 fully saturated rings. The van der Waals surface area contributed by atoms with E-state index in [1.807, 2.05) is 0 Å². The van der Waals surface area contributed by atoms with Crippen molar-refractivity contribution < 1.29 is 0 Å². The molecular weight excluding hydrogens is 797 g/mol. The summed E-state index contributed by atoms with van der Waals surface area (Å²) in [5, 5.41) is 5.02. The summed E-state index contributed by atoms with van der Waals surface area (Å²) < 4.78 is 2.39. The lowest BCUT2D eigenvalue weighted by Crippen LogP contribution is -2.10.